The summed E-state index contributed by atoms with van der Waals surface area (Å²) < 4.78 is 0. The summed E-state index contributed by atoms with van der Waals surface area (Å²) in [4.78, 5) is 15.0. The smallest absolute Gasteiger partial charge is 0.161 e. The first-order chi connectivity index (χ1) is 7.00. The van der Waals surface area contributed by atoms with E-state index in [2.05, 4.69) is 18.2 Å². The lowest BCUT2D eigenvalue weighted by Crippen LogP contribution is -2.08. The summed E-state index contributed by atoms with van der Waals surface area (Å²) in [6, 6.07) is 0. The maximum Gasteiger partial charge on any atom is 0.161 e. The van der Waals surface area contributed by atoms with Crippen LogP contribution in [0.3, 0.4) is 0 Å². The molecule has 0 unspecified atom stereocenters. The minimum Gasteiger partial charge on any atom is -0.294 e. The number of nitrogens with zero attached hydrogens (tertiary/aromatic N) is 1. The molecular formula is C13H25NO. The maximum absolute atomic E-state index is 11.0. The Labute approximate surface area is 94.8 Å². The highest BCUT2D eigenvalue weighted by molar-refractivity contribution is 6.21. The van der Waals surface area contributed by atoms with Gasteiger partial charge in [0.25, 0.3) is 0 Å². The highest BCUT2D eigenvalue weighted by Gasteiger charge is 2.07. The highest BCUT2D eigenvalue weighted by atomic mass is 16.1. The first-order valence-electron chi connectivity index (χ1n) is 5.12. The highest BCUT2D eigenvalue weighted by Crippen LogP contribution is 2.06. The summed E-state index contributed by atoms with van der Waals surface area (Å²) in [5.41, 5.74) is 2.60. The molecule has 0 aliphatic carbocycles. The van der Waals surface area contributed by atoms with Crippen molar-refractivity contribution in [2.75, 3.05) is 7.05 Å². The lowest BCUT2D eigenvalue weighted by atomic mass is 10.0. The lowest BCUT2D eigenvalue weighted by Gasteiger charge is -2.03. The standard InChI is InChI=1S/C9H15NO.C2H6.C2H4/c1-6(2)9(8(4)11)7(3)10-5;2*1-2/h1-5H3;1-2H3;1-2H2. The third-order valence-corrected chi connectivity index (χ3v) is 1.55. The van der Waals surface area contributed by atoms with E-state index >= 15 is 0 Å². The molecule has 15 heavy (non-hydrogen) atoms. The van der Waals surface area contributed by atoms with E-state index in [9.17, 15) is 4.79 Å². The van der Waals surface area contributed by atoms with Gasteiger partial charge in [0.05, 0.1) is 0 Å². The van der Waals surface area contributed by atoms with Crippen LogP contribution in [-0.4, -0.2) is 18.5 Å². The SMILES string of the molecule is C=C.CC.CN=C(C)C(C(C)=O)=C(C)C. The van der Waals surface area contributed by atoms with Crippen molar-refractivity contribution >= 4 is 11.5 Å². The minimum atomic E-state index is 0.0908. The van der Waals surface area contributed by atoms with Crippen LogP contribution in [0.15, 0.2) is 29.3 Å². The van der Waals surface area contributed by atoms with E-state index in [1.54, 1.807) is 14.0 Å². The molecule has 0 aliphatic rings. The summed E-state index contributed by atoms with van der Waals surface area (Å²) in [5, 5.41) is 0. The predicted octanol–water partition coefficient (Wildman–Crippen LogP) is 3.83. The van der Waals surface area contributed by atoms with Gasteiger partial charge >= 0.3 is 0 Å². The topological polar surface area (TPSA) is 29.4 Å². The number of carbonyl (C=O) groups excluding carboxylic acids is 1. The van der Waals surface area contributed by atoms with Crippen LogP contribution in [0.5, 0.6) is 0 Å². The van der Waals surface area contributed by atoms with E-state index in [-0.39, 0.29) is 5.78 Å². The molecule has 0 saturated carbocycles. The number of allylic oxidation sites excluding steroid dienone is 2. The zero-order valence-electron chi connectivity index (χ0n) is 11.3. The van der Waals surface area contributed by atoms with Gasteiger partial charge in [0, 0.05) is 18.3 Å². The van der Waals surface area contributed by atoms with E-state index < -0.39 is 0 Å². The fourth-order valence-corrected chi connectivity index (χ4v) is 1.08. The first kappa shape index (κ1) is 19.4. The van der Waals surface area contributed by atoms with Crippen LogP contribution in [0, 0.1) is 0 Å². The van der Waals surface area contributed by atoms with Crippen molar-refractivity contribution < 1.29 is 4.79 Å². The van der Waals surface area contributed by atoms with E-state index in [0.29, 0.717) is 0 Å². The van der Waals surface area contributed by atoms with Gasteiger partial charge in [0.2, 0.25) is 0 Å². The predicted molar refractivity (Wildman–Crippen MR) is 70.7 cm³/mol. The Kier molecular flexibility index (Phi) is 16.6. The number of hydrogen-bond acceptors (Lipinski definition) is 2. The molecule has 0 spiro atoms. The van der Waals surface area contributed by atoms with Crippen molar-refractivity contribution in [3.63, 3.8) is 0 Å². The third-order valence-electron chi connectivity index (χ3n) is 1.55. The molecule has 0 amide bonds. The molecule has 0 N–H and O–H groups in total. The summed E-state index contributed by atoms with van der Waals surface area (Å²) in [7, 11) is 1.70. The van der Waals surface area contributed by atoms with Gasteiger partial charge in [-0.25, -0.2) is 0 Å². The molecule has 0 radical (unpaired) electrons. The molecular weight excluding hydrogens is 186 g/mol. The van der Waals surface area contributed by atoms with Crippen molar-refractivity contribution in [1.82, 2.24) is 0 Å². The minimum absolute atomic E-state index is 0.0908. The van der Waals surface area contributed by atoms with Crippen LogP contribution in [0.1, 0.15) is 41.5 Å². The molecule has 0 heterocycles. The molecule has 88 valence electrons. The molecule has 2 nitrogen and oxygen atoms in total. The fourth-order valence-electron chi connectivity index (χ4n) is 1.08. The number of rotatable bonds is 2. The Morgan fingerprint density at radius 2 is 1.33 bits per heavy atom. The quantitative estimate of drug-likeness (QED) is 0.388. The average Bonchev–Trinajstić information content (AvgIpc) is 2.22. The second-order valence-electron chi connectivity index (χ2n) is 2.74. The van der Waals surface area contributed by atoms with Crippen molar-refractivity contribution in [3.05, 3.63) is 24.3 Å². The van der Waals surface area contributed by atoms with Crippen molar-refractivity contribution in [1.29, 1.82) is 0 Å². The average molecular weight is 211 g/mol. The van der Waals surface area contributed by atoms with Gasteiger partial charge in [-0.1, -0.05) is 19.4 Å². The molecule has 0 rings (SSSR count). The molecule has 2 heteroatoms. The van der Waals surface area contributed by atoms with Crippen molar-refractivity contribution in [2.45, 2.75) is 41.5 Å². The molecule has 0 aliphatic heterocycles. The number of ketones is 1. The Balaban J connectivity index is -0.000000318. The zero-order chi connectivity index (χ0) is 13.0. The maximum atomic E-state index is 11.0. The first-order valence-corrected chi connectivity index (χ1v) is 5.12. The number of aliphatic imine (C=N–C) groups is 1. The van der Waals surface area contributed by atoms with Gasteiger partial charge in [-0.15, -0.1) is 13.2 Å². The number of carbonyl (C=O) groups is 1. The summed E-state index contributed by atoms with van der Waals surface area (Å²) in [5.74, 6) is 0.0908. The van der Waals surface area contributed by atoms with Crippen LogP contribution in [0.25, 0.3) is 0 Å². The lowest BCUT2D eigenvalue weighted by molar-refractivity contribution is -0.113. The second kappa shape index (κ2) is 12.8. The summed E-state index contributed by atoms with van der Waals surface area (Å²) in [6.45, 7) is 17.3. The van der Waals surface area contributed by atoms with E-state index in [4.69, 9.17) is 0 Å². The van der Waals surface area contributed by atoms with Gasteiger partial charge in [0.15, 0.2) is 5.78 Å². The molecule has 0 aromatic carbocycles. The summed E-state index contributed by atoms with van der Waals surface area (Å²) >= 11 is 0. The molecule has 0 atom stereocenters. The Hall–Kier alpha value is -1.18. The van der Waals surface area contributed by atoms with E-state index in [1.807, 2.05) is 34.6 Å². The Bertz CT molecular complexity index is 233. The largest absolute Gasteiger partial charge is 0.294 e. The number of hydrogen-bond donors (Lipinski definition) is 0. The van der Waals surface area contributed by atoms with Crippen LogP contribution in [0.4, 0.5) is 0 Å². The molecule has 0 aromatic rings. The van der Waals surface area contributed by atoms with Crippen LogP contribution in [0.2, 0.25) is 0 Å². The normalized spacial score (nSPS) is 8.87. The summed E-state index contributed by atoms with van der Waals surface area (Å²) in [6.07, 6.45) is 0. The van der Waals surface area contributed by atoms with Gasteiger partial charge in [-0.3, -0.25) is 9.79 Å². The van der Waals surface area contributed by atoms with Gasteiger partial charge in [-0.2, -0.15) is 0 Å². The Morgan fingerprint density at radius 1 is 1.00 bits per heavy atom. The van der Waals surface area contributed by atoms with Gasteiger partial charge in [-0.05, 0) is 27.7 Å². The Morgan fingerprint density at radius 3 is 1.40 bits per heavy atom. The second-order valence-corrected chi connectivity index (χ2v) is 2.74. The molecule has 0 bridgehead atoms. The van der Waals surface area contributed by atoms with Gasteiger partial charge in [0.1, 0.15) is 0 Å². The third kappa shape index (κ3) is 9.13. The van der Waals surface area contributed by atoms with Crippen LogP contribution >= 0.6 is 0 Å². The van der Waals surface area contributed by atoms with E-state index in [1.165, 1.54) is 0 Å². The van der Waals surface area contributed by atoms with Crippen LogP contribution < -0.4 is 0 Å². The zero-order valence-corrected chi connectivity index (χ0v) is 11.3. The van der Waals surface area contributed by atoms with Crippen LogP contribution in [-0.2, 0) is 4.79 Å². The van der Waals surface area contributed by atoms with Crippen molar-refractivity contribution in [3.8, 4) is 0 Å². The molecule has 0 saturated heterocycles. The van der Waals surface area contributed by atoms with Crippen molar-refractivity contribution in [2.24, 2.45) is 4.99 Å². The molecule has 0 fully saturated rings. The van der Waals surface area contributed by atoms with E-state index in [0.717, 1.165) is 16.9 Å². The fraction of sp³-hybridized carbons (Fsp3) is 0.538. The number of Topliss-reactive ketones (excluding diaryl/α,β-unsaturated/α-hetero) is 1. The monoisotopic (exact) mass is 211 g/mol. The van der Waals surface area contributed by atoms with Gasteiger partial charge < -0.3 is 0 Å². The molecule has 0 aromatic heterocycles.